The van der Waals surface area contributed by atoms with E-state index in [-0.39, 0.29) is 11.9 Å². The normalized spacial score (nSPS) is 15.5. The average molecular weight is 437 g/mol. The Labute approximate surface area is 186 Å². The fourth-order valence-electron chi connectivity index (χ4n) is 4.16. The Morgan fingerprint density at radius 1 is 1.26 bits per heavy atom. The highest BCUT2D eigenvalue weighted by atomic mass is 35.5. The van der Waals surface area contributed by atoms with E-state index >= 15 is 0 Å². The van der Waals surface area contributed by atoms with Crippen molar-refractivity contribution in [1.29, 1.82) is 0 Å². The first-order chi connectivity index (χ1) is 14.9. The van der Waals surface area contributed by atoms with E-state index in [2.05, 4.69) is 16.0 Å². The number of carbonyl (C=O) groups excluding carboxylic acids is 1. The molecule has 1 amide bonds. The summed E-state index contributed by atoms with van der Waals surface area (Å²) in [6, 6.07) is 7.70. The van der Waals surface area contributed by atoms with Crippen molar-refractivity contribution >= 4 is 34.2 Å². The Balaban J connectivity index is 1.49. The molecule has 2 aliphatic rings. The third-order valence-electron chi connectivity index (χ3n) is 6.16. The van der Waals surface area contributed by atoms with E-state index in [1.54, 1.807) is 11.0 Å². The summed E-state index contributed by atoms with van der Waals surface area (Å²) in [5.41, 5.74) is 11.2. The van der Waals surface area contributed by atoms with Crippen molar-refractivity contribution in [2.75, 3.05) is 5.73 Å². The Morgan fingerprint density at radius 3 is 2.71 bits per heavy atom. The van der Waals surface area contributed by atoms with Crippen LogP contribution in [0.1, 0.15) is 65.3 Å². The molecule has 31 heavy (non-hydrogen) atoms. The molecule has 0 atom stereocenters. The Morgan fingerprint density at radius 2 is 2.03 bits per heavy atom. The van der Waals surface area contributed by atoms with Gasteiger partial charge in [-0.25, -0.2) is 4.98 Å². The fraction of sp³-hybridized carbons (Fsp3) is 0.375. The molecule has 1 fully saturated rings. The monoisotopic (exact) mass is 436 g/mol. The number of nitrogens with two attached hydrogens (primary N) is 1. The second-order valence-corrected chi connectivity index (χ2v) is 9.09. The number of aromatic nitrogens is 2. The first kappa shape index (κ1) is 20.2. The molecule has 0 saturated heterocycles. The van der Waals surface area contributed by atoms with Gasteiger partial charge in [0.15, 0.2) is 0 Å². The summed E-state index contributed by atoms with van der Waals surface area (Å²) in [6.45, 7) is 5.32. The molecular weight excluding hydrogens is 412 g/mol. The molecule has 1 aromatic carbocycles. The van der Waals surface area contributed by atoms with Gasteiger partial charge < -0.3 is 15.4 Å². The van der Waals surface area contributed by atoms with Crippen molar-refractivity contribution in [1.82, 2.24) is 14.9 Å². The number of hydrogen-bond donors (Lipinski definition) is 1. The van der Waals surface area contributed by atoms with Crippen LogP contribution in [-0.4, -0.2) is 26.8 Å². The Bertz CT molecular complexity index is 1170. The number of amides is 1. The smallest absolute Gasteiger partial charge is 0.255 e. The van der Waals surface area contributed by atoms with Gasteiger partial charge in [0, 0.05) is 23.2 Å². The maximum atomic E-state index is 13.5. The minimum atomic E-state index is -0.126. The highest BCUT2D eigenvalue weighted by Crippen LogP contribution is 2.39. The average Bonchev–Trinajstić information content (AvgIpc) is 3.47. The number of hydrogen-bond acceptors (Lipinski definition) is 5. The van der Waals surface area contributed by atoms with Crippen molar-refractivity contribution in [3.05, 3.63) is 63.4 Å². The van der Waals surface area contributed by atoms with Gasteiger partial charge in [0.05, 0.1) is 41.6 Å². The number of benzene rings is 1. The lowest BCUT2D eigenvalue weighted by Gasteiger charge is -2.27. The predicted octanol–water partition coefficient (Wildman–Crippen LogP) is 4.82. The van der Waals surface area contributed by atoms with E-state index in [9.17, 15) is 4.79 Å². The molecule has 3 aromatic rings. The van der Waals surface area contributed by atoms with Crippen LogP contribution in [0.4, 0.5) is 5.82 Å². The van der Waals surface area contributed by atoms with Crippen LogP contribution in [0.15, 0.2) is 30.5 Å². The molecule has 6 nitrogen and oxygen atoms in total. The van der Waals surface area contributed by atoms with Crippen molar-refractivity contribution in [3.8, 4) is 0 Å². The van der Waals surface area contributed by atoms with Crippen LogP contribution in [0.2, 0.25) is 5.02 Å². The highest BCUT2D eigenvalue weighted by Gasteiger charge is 2.26. The van der Waals surface area contributed by atoms with Gasteiger partial charge in [-0.1, -0.05) is 17.7 Å². The minimum absolute atomic E-state index is 0.0113. The van der Waals surface area contributed by atoms with Gasteiger partial charge >= 0.3 is 0 Å². The summed E-state index contributed by atoms with van der Waals surface area (Å²) in [7, 11) is 0. The molecule has 5 rings (SSSR count). The van der Waals surface area contributed by atoms with Crippen LogP contribution in [0, 0.1) is 0 Å². The first-order valence-corrected chi connectivity index (χ1v) is 11.0. The number of fused-ring (bicyclic) bond motifs is 3. The van der Waals surface area contributed by atoms with Crippen LogP contribution < -0.4 is 5.73 Å². The third kappa shape index (κ3) is 3.75. The van der Waals surface area contributed by atoms with Crippen LogP contribution >= 0.6 is 11.6 Å². The summed E-state index contributed by atoms with van der Waals surface area (Å²) in [6.07, 6.45) is 4.43. The maximum absolute atomic E-state index is 13.5. The molecule has 7 heteroatoms. The maximum Gasteiger partial charge on any atom is 0.255 e. The van der Waals surface area contributed by atoms with Crippen molar-refractivity contribution in [3.63, 3.8) is 0 Å². The zero-order valence-corrected chi connectivity index (χ0v) is 18.4. The van der Waals surface area contributed by atoms with E-state index in [1.807, 2.05) is 32.2 Å². The van der Waals surface area contributed by atoms with Gasteiger partial charge in [0.2, 0.25) is 0 Å². The van der Waals surface area contributed by atoms with Gasteiger partial charge in [-0.2, -0.15) is 0 Å². The predicted molar refractivity (Wildman–Crippen MR) is 121 cm³/mol. The van der Waals surface area contributed by atoms with Gasteiger partial charge in [-0.05, 0) is 61.9 Å². The van der Waals surface area contributed by atoms with Crippen molar-refractivity contribution in [2.45, 2.75) is 58.4 Å². The number of nitrogens with zero attached hydrogens (tertiary/aromatic N) is 3. The van der Waals surface area contributed by atoms with Gasteiger partial charge in [-0.15, -0.1) is 0 Å². The number of halogens is 1. The number of ether oxygens (including phenoxy) is 1. The number of carbonyl (C=O) groups is 1. The number of nitrogen functional groups attached to an aromatic ring is 1. The second-order valence-electron chi connectivity index (χ2n) is 8.68. The topological polar surface area (TPSA) is 81.3 Å². The SMILES string of the molecule is CC(C)N(Cc1ccc(C2CC2)cn1)C(=O)c1cc2c3c(c(N)nc2cc1Cl)COC3. The second kappa shape index (κ2) is 7.77. The number of anilines is 1. The van der Waals surface area contributed by atoms with Crippen LogP contribution in [0.25, 0.3) is 10.9 Å². The minimum Gasteiger partial charge on any atom is -0.383 e. The quantitative estimate of drug-likeness (QED) is 0.619. The lowest BCUT2D eigenvalue weighted by Crippen LogP contribution is -2.36. The molecule has 1 saturated carbocycles. The lowest BCUT2D eigenvalue weighted by atomic mass is 10.0. The molecule has 0 radical (unpaired) electrons. The highest BCUT2D eigenvalue weighted by molar-refractivity contribution is 6.34. The summed E-state index contributed by atoms with van der Waals surface area (Å²) >= 11 is 6.54. The molecule has 1 aliphatic heterocycles. The van der Waals surface area contributed by atoms with Gasteiger partial charge in [0.25, 0.3) is 5.91 Å². The van der Waals surface area contributed by atoms with E-state index in [1.165, 1.54) is 18.4 Å². The largest absolute Gasteiger partial charge is 0.383 e. The van der Waals surface area contributed by atoms with E-state index in [0.29, 0.717) is 47.6 Å². The fourth-order valence-corrected chi connectivity index (χ4v) is 4.40. The van der Waals surface area contributed by atoms with E-state index < -0.39 is 0 Å². The number of pyridine rings is 2. The molecule has 1 aliphatic carbocycles. The molecule has 2 N–H and O–H groups in total. The van der Waals surface area contributed by atoms with Gasteiger partial charge in [-0.3, -0.25) is 9.78 Å². The van der Waals surface area contributed by atoms with E-state index in [0.717, 1.165) is 22.2 Å². The zero-order valence-electron chi connectivity index (χ0n) is 17.7. The molecule has 0 unspecified atom stereocenters. The summed E-state index contributed by atoms with van der Waals surface area (Å²) in [5, 5.41) is 1.23. The molecule has 3 heterocycles. The van der Waals surface area contributed by atoms with Gasteiger partial charge in [0.1, 0.15) is 5.82 Å². The van der Waals surface area contributed by atoms with Crippen LogP contribution in [-0.2, 0) is 24.5 Å². The summed E-state index contributed by atoms with van der Waals surface area (Å²) < 4.78 is 5.57. The Kier molecular flexibility index (Phi) is 5.07. The van der Waals surface area contributed by atoms with E-state index in [4.69, 9.17) is 22.1 Å². The summed E-state index contributed by atoms with van der Waals surface area (Å²) in [5.74, 6) is 0.994. The third-order valence-corrected chi connectivity index (χ3v) is 6.47. The standard InChI is InChI=1S/C24H25ClN4O2/c1-13(2)29(10-16-6-5-15(9-27-16)14-3-4-14)24(30)18-7-17-19-11-31-12-20(19)23(26)28-22(17)8-21(18)25/h5-9,13-14H,3-4,10-12H2,1-2H3,(H2,26,28). The zero-order chi connectivity index (χ0) is 21.7. The molecule has 2 aromatic heterocycles. The van der Waals surface area contributed by atoms with Crippen molar-refractivity contribution in [2.24, 2.45) is 0 Å². The van der Waals surface area contributed by atoms with Crippen LogP contribution in [0.5, 0.6) is 0 Å². The molecule has 0 bridgehead atoms. The molecule has 160 valence electrons. The number of rotatable bonds is 5. The van der Waals surface area contributed by atoms with Crippen molar-refractivity contribution < 1.29 is 9.53 Å². The van der Waals surface area contributed by atoms with Crippen LogP contribution in [0.3, 0.4) is 0 Å². The molecule has 0 spiro atoms. The Hall–Kier alpha value is -2.70. The lowest BCUT2D eigenvalue weighted by molar-refractivity contribution is 0.0688. The molecular formula is C24H25ClN4O2. The summed E-state index contributed by atoms with van der Waals surface area (Å²) in [4.78, 5) is 24.4. The first-order valence-electron chi connectivity index (χ1n) is 10.7.